The van der Waals surface area contributed by atoms with Crippen LogP contribution >= 0.6 is 0 Å². The molecule has 7 unspecified atom stereocenters. The van der Waals surface area contributed by atoms with Crippen molar-refractivity contribution in [2.75, 3.05) is 13.1 Å². The zero-order chi connectivity index (χ0) is 19.0. The van der Waals surface area contributed by atoms with Gasteiger partial charge in [0.05, 0.1) is 12.1 Å². The van der Waals surface area contributed by atoms with Crippen molar-refractivity contribution in [1.82, 2.24) is 16.0 Å². The van der Waals surface area contributed by atoms with Crippen LogP contribution in [0.25, 0.3) is 0 Å². The number of aliphatic hydroxyl groups is 1. The molecule has 3 heterocycles. The second-order valence-corrected chi connectivity index (χ2v) is 9.19. The molecule has 152 valence electrons. The van der Waals surface area contributed by atoms with E-state index in [4.69, 9.17) is 10.7 Å². The molecule has 1 saturated carbocycles. The van der Waals surface area contributed by atoms with Gasteiger partial charge in [0.15, 0.2) is 0 Å². The first-order valence-corrected chi connectivity index (χ1v) is 11.0. The maximum absolute atomic E-state index is 9.66. The smallest absolute Gasteiger partial charge is 0.126 e. The van der Waals surface area contributed by atoms with Gasteiger partial charge < -0.3 is 21.5 Å². The minimum atomic E-state index is -0.319. The molecular formula is C21H37N5O. The first-order valence-electron chi connectivity index (χ1n) is 11.0. The molecule has 0 amide bonds. The Morgan fingerprint density at radius 2 is 2.04 bits per heavy atom. The summed E-state index contributed by atoms with van der Waals surface area (Å²) in [7, 11) is 0. The van der Waals surface area contributed by atoms with Gasteiger partial charge in [0.25, 0.3) is 0 Å². The molecule has 0 aromatic rings. The van der Waals surface area contributed by atoms with E-state index in [1.54, 1.807) is 0 Å². The second kappa shape index (κ2) is 8.19. The largest absolute Gasteiger partial charge is 0.379 e. The summed E-state index contributed by atoms with van der Waals surface area (Å²) < 4.78 is 0. The Morgan fingerprint density at radius 3 is 2.74 bits per heavy atom. The number of nitrogens with zero attached hydrogens (tertiary/aromatic N) is 1. The van der Waals surface area contributed by atoms with Gasteiger partial charge in [0, 0.05) is 30.7 Å². The van der Waals surface area contributed by atoms with Crippen LogP contribution in [0.15, 0.2) is 16.1 Å². The summed E-state index contributed by atoms with van der Waals surface area (Å²) in [6.07, 6.45) is 7.33. The lowest BCUT2D eigenvalue weighted by atomic mass is 9.77. The summed E-state index contributed by atoms with van der Waals surface area (Å²) in [6, 6.07) is 1.62. The molecule has 1 aliphatic carbocycles. The molecular weight excluding hydrogens is 338 g/mol. The number of aliphatic hydroxyl groups excluding tert-OH is 1. The average molecular weight is 376 g/mol. The Bertz CT molecular complexity index is 595. The number of nitrogens with one attached hydrogen (secondary N) is 3. The number of hydrogen-bond acceptors (Lipinski definition) is 6. The van der Waals surface area contributed by atoms with E-state index in [9.17, 15) is 5.11 Å². The third-order valence-electron chi connectivity index (χ3n) is 7.28. The van der Waals surface area contributed by atoms with E-state index in [1.807, 2.05) is 0 Å². The highest BCUT2D eigenvalue weighted by molar-refractivity contribution is 6.01. The summed E-state index contributed by atoms with van der Waals surface area (Å²) in [5.41, 5.74) is 9.27. The van der Waals surface area contributed by atoms with Crippen molar-refractivity contribution in [1.29, 1.82) is 0 Å². The number of amidine groups is 1. The lowest BCUT2D eigenvalue weighted by Gasteiger charge is -2.37. The van der Waals surface area contributed by atoms with Crippen molar-refractivity contribution in [2.24, 2.45) is 22.6 Å². The van der Waals surface area contributed by atoms with Crippen molar-refractivity contribution in [3.63, 3.8) is 0 Å². The summed E-state index contributed by atoms with van der Waals surface area (Å²) in [6.45, 7) is 6.32. The molecule has 6 heteroatoms. The van der Waals surface area contributed by atoms with Crippen LogP contribution in [0.2, 0.25) is 0 Å². The molecule has 6 N–H and O–H groups in total. The van der Waals surface area contributed by atoms with Crippen molar-refractivity contribution in [2.45, 2.75) is 89.2 Å². The fraction of sp³-hybridized carbons (Fsp3) is 0.857. The summed E-state index contributed by atoms with van der Waals surface area (Å²) in [5, 5.41) is 20.4. The normalized spacial score (nSPS) is 42.5. The standard InChI is InChI=1S/C21H37N5O/c1-3-4-13-8-18-19(9-16(13)22)26-21(25-18)15-11-23-17(7-12(15)2)14-5-6-20(27)24-10-14/h13-14,16-20,23-24,27H,3-11,22H2,1-2H3,(H,25,26). The zero-order valence-electron chi connectivity index (χ0n) is 16.9. The van der Waals surface area contributed by atoms with Gasteiger partial charge in [-0.05, 0) is 57.3 Å². The van der Waals surface area contributed by atoms with Crippen molar-refractivity contribution >= 4 is 5.84 Å². The van der Waals surface area contributed by atoms with Crippen LogP contribution < -0.4 is 21.7 Å². The molecule has 2 fully saturated rings. The fourth-order valence-corrected chi connectivity index (χ4v) is 5.57. The first kappa shape index (κ1) is 19.4. The molecule has 4 aliphatic rings. The number of nitrogens with two attached hydrogens (primary N) is 1. The molecule has 0 radical (unpaired) electrons. The quantitative estimate of drug-likeness (QED) is 0.510. The Labute approximate surface area is 163 Å². The zero-order valence-corrected chi connectivity index (χ0v) is 16.9. The minimum absolute atomic E-state index is 0.300. The van der Waals surface area contributed by atoms with Crippen LogP contribution in [0.5, 0.6) is 0 Å². The number of piperidine rings is 1. The highest BCUT2D eigenvalue weighted by Gasteiger charge is 2.40. The Morgan fingerprint density at radius 1 is 1.19 bits per heavy atom. The van der Waals surface area contributed by atoms with E-state index in [1.165, 1.54) is 24.0 Å². The van der Waals surface area contributed by atoms with Gasteiger partial charge in [-0.2, -0.15) is 0 Å². The van der Waals surface area contributed by atoms with Gasteiger partial charge in [-0.1, -0.05) is 18.9 Å². The van der Waals surface area contributed by atoms with Gasteiger partial charge in [-0.25, -0.2) is 0 Å². The summed E-state index contributed by atoms with van der Waals surface area (Å²) in [4.78, 5) is 5.06. The average Bonchev–Trinajstić information content (AvgIpc) is 3.05. The van der Waals surface area contributed by atoms with E-state index in [2.05, 4.69) is 29.8 Å². The molecule has 0 aromatic carbocycles. The molecule has 6 nitrogen and oxygen atoms in total. The SMILES string of the molecule is CCCC1CC2NC(C3=C(C)CC(C4CCC(O)NC4)NC3)=NC2CC1N. The third-order valence-corrected chi connectivity index (χ3v) is 7.28. The molecule has 3 aliphatic heterocycles. The molecule has 0 bridgehead atoms. The van der Waals surface area contributed by atoms with Crippen molar-refractivity contribution in [3.05, 3.63) is 11.1 Å². The molecule has 1 saturated heterocycles. The molecule has 0 aromatic heterocycles. The highest BCUT2D eigenvalue weighted by Crippen LogP contribution is 2.33. The van der Waals surface area contributed by atoms with Crippen LogP contribution in [-0.4, -0.2) is 54.4 Å². The van der Waals surface area contributed by atoms with Crippen molar-refractivity contribution < 1.29 is 5.11 Å². The maximum atomic E-state index is 9.66. The fourth-order valence-electron chi connectivity index (χ4n) is 5.57. The predicted molar refractivity (Wildman–Crippen MR) is 110 cm³/mol. The predicted octanol–water partition coefficient (Wildman–Crippen LogP) is 1.26. The van der Waals surface area contributed by atoms with Crippen LogP contribution in [0, 0.1) is 11.8 Å². The Kier molecular flexibility index (Phi) is 5.88. The van der Waals surface area contributed by atoms with Gasteiger partial charge in [-0.15, -0.1) is 0 Å². The third kappa shape index (κ3) is 4.09. The number of aliphatic imine (C=N–C) groups is 1. The topological polar surface area (TPSA) is 94.7 Å². The molecule has 7 atom stereocenters. The molecule has 0 spiro atoms. The van der Waals surface area contributed by atoms with E-state index in [-0.39, 0.29) is 6.23 Å². The lowest BCUT2D eigenvalue weighted by Crippen LogP contribution is -2.51. The number of fused-ring (bicyclic) bond motifs is 1. The lowest BCUT2D eigenvalue weighted by molar-refractivity contribution is 0.0790. The van der Waals surface area contributed by atoms with Gasteiger partial charge in [-0.3, -0.25) is 10.3 Å². The number of rotatable bonds is 4. The van der Waals surface area contributed by atoms with Gasteiger partial charge >= 0.3 is 0 Å². The summed E-state index contributed by atoms with van der Waals surface area (Å²) in [5.74, 6) is 2.35. The summed E-state index contributed by atoms with van der Waals surface area (Å²) >= 11 is 0. The van der Waals surface area contributed by atoms with Crippen molar-refractivity contribution in [3.8, 4) is 0 Å². The Balaban J connectivity index is 1.39. The van der Waals surface area contributed by atoms with Gasteiger partial charge in [0.2, 0.25) is 0 Å². The van der Waals surface area contributed by atoms with Crippen LogP contribution in [0.4, 0.5) is 0 Å². The van der Waals surface area contributed by atoms with E-state index >= 15 is 0 Å². The van der Waals surface area contributed by atoms with Crippen LogP contribution in [0.3, 0.4) is 0 Å². The van der Waals surface area contributed by atoms with Crippen LogP contribution in [-0.2, 0) is 0 Å². The molecule has 4 rings (SSSR count). The first-order chi connectivity index (χ1) is 13.0. The van der Waals surface area contributed by atoms with Gasteiger partial charge in [0.1, 0.15) is 12.1 Å². The molecule has 27 heavy (non-hydrogen) atoms. The van der Waals surface area contributed by atoms with E-state index in [0.717, 1.165) is 51.0 Å². The monoisotopic (exact) mass is 375 g/mol. The van der Waals surface area contributed by atoms with E-state index in [0.29, 0.717) is 36.0 Å². The van der Waals surface area contributed by atoms with Crippen LogP contribution in [0.1, 0.15) is 58.8 Å². The highest BCUT2D eigenvalue weighted by atomic mass is 16.3. The maximum Gasteiger partial charge on any atom is 0.126 e. The Hall–Kier alpha value is -0.950. The second-order valence-electron chi connectivity index (χ2n) is 9.19. The minimum Gasteiger partial charge on any atom is -0.379 e. The number of hydrogen-bond donors (Lipinski definition) is 5. The van der Waals surface area contributed by atoms with E-state index < -0.39 is 0 Å².